The number of esters is 1. The molecule has 0 N–H and O–H groups in total. The highest BCUT2D eigenvalue weighted by Gasteiger charge is 2.72. The summed E-state index contributed by atoms with van der Waals surface area (Å²) in [6.45, 7) is 11.7. The van der Waals surface area contributed by atoms with E-state index in [2.05, 4.69) is 26.8 Å². The standard InChI is InChI=1S/C32H46O9/c1-20(2)9-11-26-31(5,41-26)30-29(36-8)23(13-14-32(30)19-39-32)40-27(33)12-10-22-17-24(34-6)28(25(18-22)35-7)38-16-15-37-21(3)4/h9-10,12,17-18,21,23,26,29-30H,11,13-16,19H2,1-8H3/b12-10+/t23?,26-,29+,30+,31?,32-/m0/s1. The molecule has 1 aromatic rings. The van der Waals surface area contributed by atoms with Crippen molar-refractivity contribution < 1.29 is 42.7 Å². The van der Waals surface area contributed by atoms with Crippen LogP contribution in [0.25, 0.3) is 6.08 Å². The van der Waals surface area contributed by atoms with Crippen molar-refractivity contribution in [2.45, 2.75) is 89.5 Å². The third-order valence-corrected chi connectivity index (χ3v) is 8.18. The van der Waals surface area contributed by atoms with Crippen LogP contribution in [-0.2, 0) is 28.5 Å². The zero-order chi connectivity index (χ0) is 29.8. The monoisotopic (exact) mass is 574 g/mol. The van der Waals surface area contributed by atoms with Gasteiger partial charge in [0.1, 0.15) is 30.0 Å². The Morgan fingerprint density at radius 2 is 1.80 bits per heavy atom. The van der Waals surface area contributed by atoms with Crippen molar-refractivity contribution in [1.82, 2.24) is 0 Å². The number of hydrogen-bond acceptors (Lipinski definition) is 9. The molecule has 0 bridgehead atoms. The van der Waals surface area contributed by atoms with Crippen molar-refractivity contribution in [3.63, 3.8) is 0 Å². The van der Waals surface area contributed by atoms with Gasteiger partial charge in [0.25, 0.3) is 0 Å². The maximum absolute atomic E-state index is 13.0. The van der Waals surface area contributed by atoms with Gasteiger partial charge in [-0.25, -0.2) is 4.79 Å². The smallest absolute Gasteiger partial charge is 0.331 e. The number of rotatable bonds is 14. The van der Waals surface area contributed by atoms with Crippen molar-refractivity contribution in [3.05, 3.63) is 35.4 Å². The van der Waals surface area contributed by atoms with Crippen molar-refractivity contribution in [1.29, 1.82) is 0 Å². The van der Waals surface area contributed by atoms with Gasteiger partial charge in [0.2, 0.25) is 5.75 Å². The molecule has 0 aromatic heterocycles. The molecular formula is C32H46O9. The summed E-state index contributed by atoms with van der Waals surface area (Å²) < 4.78 is 46.7. The maximum Gasteiger partial charge on any atom is 0.331 e. The SMILES string of the molecule is COc1cc(/C=C/C(=O)OC2CC[C@]3(CO3)[C@@H](C3(C)O[C@H]3CC=C(C)C)[C@@H]2OC)cc(OC)c1OCCOC(C)C. The number of methoxy groups -OCH3 is 3. The molecule has 4 rings (SSSR count). The molecule has 41 heavy (non-hydrogen) atoms. The fourth-order valence-corrected chi connectivity index (χ4v) is 5.99. The van der Waals surface area contributed by atoms with Gasteiger partial charge in [-0.3, -0.25) is 0 Å². The Balaban J connectivity index is 1.43. The Labute approximate surface area is 244 Å². The van der Waals surface area contributed by atoms with E-state index in [0.29, 0.717) is 49.1 Å². The average Bonchev–Trinajstić information content (AvgIpc) is 3.86. The van der Waals surface area contributed by atoms with Crippen molar-refractivity contribution in [2.24, 2.45) is 5.92 Å². The topological polar surface area (TPSA) is 97.5 Å². The van der Waals surface area contributed by atoms with E-state index in [0.717, 1.165) is 12.8 Å². The minimum absolute atomic E-state index is 0.0295. The van der Waals surface area contributed by atoms with Crippen LogP contribution < -0.4 is 14.2 Å². The number of allylic oxidation sites excluding steroid dienone is 1. The average molecular weight is 575 g/mol. The van der Waals surface area contributed by atoms with Crippen LogP contribution in [0.4, 0.5) is 0 Å². The Kier molecular flexibility index (Phi) is 10.1. The minimum atomic E-state index is -0.449. The molecule has 9 heteroatoms. The molecule has 2 saturated heterocycles. The number of carbonyl (C=O) groups is 1. The first-order chi connectivity index (χ1) is 19.6. The molecule has 0 amide bonds. The predicted octanol–water partition coefficient (Wildman–Crippen LogP) is 5.14. The van der Waals surface area contributed by atoms with Crippen LogP contribution in [0.5, 0.6) is 17.2 Å². The van der Waals surface area contributed by atoms with E-state index in [1.54, 1.807) is 39.5 Å². The number of ether oxygens (including phenoxy) is 8. The van der Waals surface area contributed by atoms with E-state index in [1.165, 1.54) is 11.6 Å². The number of carbonyl (C=O) groups excluding carboxylic acids is 1. The summed E-state index contributed by atoms with van der Waals surface area (Å²) in [6.07, 6.45) is 7.07. The second-order valence-electron chi connectivity index (χ2n) is 11.7. The fourth-order valence-electron chi connectivity index (χ4n) is 5.99. The van der Waals surface area contributed by atoms with E-state index in [4.69, 9.17) is 37.9 Å². The van der Waals surface area contributed by atoms with E-state index in [-0.39, 0.29) is 35.4 Å². The Morgan fingerprint density at radius 1 is 1.12 bits per heavy atom. The summed E-state index contributed by atoms with van der Waals surface area (Å²) in [5.41, 5.74) is 1.31. The predicted molar refractivity (Wildman–Crippen MR) is 155 cm³/mol. The zero-order valence-electron chi connectivity index (χ0n) is 25.7. The lowest BCUT2D eigenvalue weighted by Gasteiger charge is -2.42. The first-order valence-corrected chi connectivity index (χ1v) is 14.4. The van der Waals surface area contributed by atoms with Gasteiger partial charge in [0.15, 0.2) is 11.5 Å². The quantitative estimate of drug-likeness (QED) is 0.0983. The summed E-state index contributed by atoms with van der Waals surface area (Å²) in [7, 11) is 4.79. The molecule has 1 spiro atoms. The van der Waals surface area contributed by atoms with Crippen LogP contribution in [-0.4, -0.2) is 82.7 Å². The van der Waals surface area contributed by atoms with Crippen LogP contribution >= 0.6 is 0 Å². The van der Waals surface area contributed by atoms with Gasteiger partial charge < -0.3 is 37.9 Å². The van der Waals surface area contributed by atoms with Crippen LogP contribution in [0.1, 0.15) is 59.4 Å². The third kappa shape index (κ3) is 7.25. The van der Waals surface area contributed by atoms with E-state index >= 15 is 0 Å². The minimum Gasteiger partial charge on any atom is -0.493 e. The van der Waals surface area contributed by atoms with Gasteiger partial charge in [0.05, 0.1) is 45.6 Å². The number of epoxide rings is 2. The van der Waals surface area contributed by atoms with Gasteiger partial charge in [0, 0.05) is 13.2 Å². The molecule has 3 aliphatic rings. The third-order valence-electron chi connectivity index (χ3n) is 8.18. The molecule has 228 valence electrons. The maximum atomic E-state index is 13.0. The summed E-state index contributed by atoms with van der Waals surface area (Å²) in [5.74, 6) is 0.986. The molecular weight excluding hydrogens is 528 g/mol. The normalized spacial score (nSPS) is 30.4. The lowest BCUT2D eigenvalue weighted by Crippen LogP contribution is -2.55. The van der Waals surface area contributed by atoms with E-state index in [9.17, 15) is 4.79 Å². The molecule has 6 atom stereocenters. The second kappa shape index (κ2) is 13.2. The largest absolute Gasteiger partial charge is 0.493 e. The van der Waals surface area contributed by atoms with E-state index in [1.807, 2.05) is 13.8 Å². The van der Waals surface area contributed by atoms with Gasteiger partial charge in [-0.15, -0.1) is 0 Å². The van der Waals surface area contributed by atoms with Crippen LogP contribution in [0.15, 0.2) is 29.9 Å². The highest BCUT2D eigenvalue weighted by atomic mass is 16.6. The molecule has 1 aromatic carbocycles. The highest BCUT2D eigenvalue weighted by Crippen LogP contribution is 2.59. The molecule has 1 saturated carbocycles. The molecule has 1 aliphatic carbocycles. The lowest BCUT2D eigenvalue weighted by molar-refractivity contribution is -0.166. The van der Waals surface area contributed by atoms with Crippen LogP contribution in [0.3, 0.4) is 0 Å². The molecule has 9 nitrogen and oxygen atoms in total. The van der Waals surface area contributed by atoms with Gasteiger partial charge >= 0.3 is 5.97 Å². The van der Waals surface area contributed by atoms with E-state index < -0.39 is 12.1 Å². The van der Waals surface area contributed by atoms with Gasteiger partial charge in [-0.2, -0.15) is 0 Å². The van der Waals surface area contributed by atoms with Crippen LogP contribution in [0.2, 0.25) is 0 Å². The Bertz CT molecular complexity index is 1090. The zero-order valence-corrected chi connectivity index (χ0v) is 25.7. The van der Waals surface area contributed by atoms with Crippen molar-refractivity contribution in [2.75, 3.05) is 41.2 Å². The summed E-state index contributed by atoms with van der Waals surface area (Å²) in [4.78, 5) is 13.0. The molecule has 0 radical (unpaired) electrons. The van der Waals surface area contributed by atoms with Crippen molar-refractivity contribution in [3.8, 4) is 17.2 Å². The summed E-state index contributed by atoms with van der Waals surface area (Å²) in [5, 5.41) is 0. The molecule has 2 heterocycles. The number of benzene rings is 1. The molecule has 3 fully saturated rings. The van der Waals surface area contributed by atoms with Crippen LogP contribution in [0, 0.1) is 5.92 Å². The van der Waals surface area contributed by atoms with Gasteiger partial charge in [-0.1, -0.05) is 11.6 Å². The summed E-state index contributed by atoms with van der Waals surface area (Å²) >= 11 is 0. The first-order valence-electron chi connectivity index (χ1n) is 14.4. The molecule has 2 aliphatic heterocycles. The highest BCUT2D eigenvalue weighted by molar-refractivity contribution is 5.87. The number of hydrogen-bond donors (Lipinski definition) is 0. The fraction of sp³-hybridized carbons (Fsp3) is 0.656. The van der Waals surface area contributed by atoms with Crippen molar-refractivity contribution >= 4 is 12.0 Å². The second-order valence-corrected chi connectivity index (χ2v) is 11.7. The summed E-state index contributed by atoms with van der Waals surface area (Å²) in [6, 6.07) is 3.57. The molecule has 2 unspecified atom stereocenters. The Hall–Kier alpha value is -2.59. The first kappa shape index (κ1) is 31.3. The Morgan fingerprint density at radius 3 is 2.37 bits per heavy atom. The lowest BCUT2D eigenvalue weighted by atomic mass is 9.68. The van der Waals surface area contributed by atoms with Gasteiger partial charge in [-0.05, 0) is 77.7 Å².